The van der Waals surface area contributed by atoms with Gasteiger partial charge in [-0.3, -0.25) is 9.20 Å². The highest BCUT2D eigenvalue weighted by molar-refractivity contribution is 5.73. The summed E-state index contributed by atoms with van der Waals surface area (Å²) >= 11 is 0. The molecule has 0 amide bonds. The van der Waals surface area contributed by atoms with E-state index in [1.54, 1.807) is 6.20 Å². The summed E-state index contributed by atoms with van der Waals surface area (Å²) in [5, 5.41) is 0. The summed E-state index contributed by atoms with van der Waals surface area (Å²) in [4.78, 5) is 17.3. The van der Waals surface area contributed by atoms with Gasteiger partial charge in [-0.15, -0.1) is 0 Å². The Balaban J connectivity index is 1.98. The van der Waals surface area contributed by atoms with Crippen LogP contribution in [0.4, 0.5) is 5.69 Å². The molecular formula is C13H15N3O. The maximum Gasteiger partial charge on any atom is 0.185 e. The van der Waals surface area contributed by atoms with Gasteiger partial charge in [0.15, 0.2) is 12.1 Å². The Kier molecular flexibility index (Phi) is 2.55. The van der Waals surface area contributed by atoms with Gasteiger partial charge < -0.3 is 4.90 Å². The summed E-state index contributed by atoms with van der Waals surface area (Å²) in [5.41, 5.74) is 2.21. The lowest BCUT2D eigenvalue weighted by Crippen LogP contribution is -2.29. The van der Waals surface area contributed by atoms with E-state index in [2.05, 4.69) is 22.0 Å². The summed E-state index contributed by atoms with van der Waals surface area (Å²) in [5.74, 6) is 0.463. The van der Waals surface area contributed by atoms with Gasteiger partial charge in [-0.2, -0.15) is 0 Å². The molecule has 0 radical (unpaired) electrons. The number of fused-ring (bicyclic) bond motifs is 1. The van der Waals surface area contributed by atoms with Crippen molar-refractivity contribution in [2.45, 2.75) is 19.3 Å². The predicted molar refractivity (Wildman–Crippen MR) is 66.6 cm³/mol. The lowest BCUT2D eigenvalue weighted by molar-refractivity contribution is 0.111. The molecule has 2 aromatic heterocycles. The average Bonchev–Trinajstić information content (AvgIpc) is 2.81. The molecule has 17 heavy (non-hydrogen) atoms. The Hall–Kier alpha value is -1.84. The van der Waals surface area contributed by atoms with Crippen molar-refractivity contribution in [3.05, 3.63) is 30.4 Å². The number of rotatable bonds is 2. The van der Waals surface area contributed by atoms with E-state index in [-0.39, 0.29) is 0 Å². The van der Waals surface area contributed by atoms with Crippen molar-refractivity contribution in [1.82, 2.24) is 9.38 Å². The molecule has 4 heteroatoms. The molecule has 1 fully saturated rings. The third-order valence-electron chi connectivity index (χ3n) is 3.37. The molecule has 1 aliphatic rings. The van der Waals surface area contributed by atoms with Crippen molar-refractivity contribution >= 4 is 17.5 Å². The molecule has 0 N–H and O–H groups in total. The van der Waals surface area contributed by atoms with Crippen LogP contribution in [0.5, 0.6) is 0 Å². The van der Waals surface area contributed by atoms with Gasteiger partial charge in [-0.1, -0.05) is 0 Å². The average molecular weight is 229 g/mol. The van der Waals surface area contributed by atoms with Gasteiger partial charge >= 0.3 is 0 Å². The van der Waals surface area contributed by atoms with E-state index in [0.29, 0.717) is 5.82 Å². The van der Waals surface area contributed by atoms with E-state index in [4.69, 9.17) is 0 Å². The maximum atomic E-state index is 10.8. The van der Waals surface area contributed by atoms with Crippen molar-refractivity contribution in [2.24, 2.45) is 0 Å². The van der Waals surface area contributed by atoms with E-state index >= 15 is 0 Å². The number of pyridine rings is 1. The molecule has 2 aromatic rings. The number of aromatic nitrogens is 2. The minimum absolute atomic E-state index is 0.463. The third-order valence-corrected chi connectivity index (χ3v) is 3.37. The SMILES string of the molecule is O=Cc1ncc2cc(N3CCCCC3)ccn12. The lowest BCUT2D eigenvalue weighted by Gasteiger charge is -2.28. The first-order valence-electron chi connectivity index (χ1n) is 6.06. The summed E-state index contributed by atoms with van der Waals surface area (Å²) in [6.45, 7) is 2.26. The van der Waals surface area contributed by atoms with Crippen molar-refractivity contribution < 1.29 is 4.79 Å². The highest BCUT2D eigenvalue weighted by atomic mass is 16.1. The van der Waals surface area contributed by atoms with E-state index in [0.717, 1.165) is 24.9 Å². The fourth-order valence-corrected chi connectivity index (χ4v) is 2.44. The third kappa shape index (κ3) is 1.79. The molecule has 0 aliphatic carbocycles. The summed E-state index contributed by atoms with van der Waals surface area (Å²) in [6.07, 6.45) is 8.33. The molecule has 1 aliphatic heterocycles. The van der Waals surface area contributed by atoms with E-state index in [9.17, 15) is 4.79 Å². The molecular weight excluding hydrogens is 214 g/mol. The minimum atomic E-state index is 0.463. The molecule has 0 unspecified atom stereocenters. The summed E-state index contributed by atoms with van der Waals surface area (Å²) in [7, 11) is 0. The number of nitrogens with zero attached hydrogens (tertiary/aromatic N) is 3. The van der Waals surface area contributed by atoms with Crippen LogP contribution in [-0.2, 0) is 0 Å². The fourth-order valence-electron chi connectivity index (χ4n) is 2.44. The van der Waals surface area contributed by atoms with Crippen LogP contribution in [0.25, 0.3) is 5.52 Å². The van der Waals surface area contributed by atoms with Crippen LogP contribution in [0.2, 0.25) is 0 Å². The highest BCUT2D eigenvalue weighted by Gasteiger charge is 2.12. The standard InChI is InChI=1S/C13H15N3O/c17-10-13-14-9-12-8-11(4-7-16(12)13)15-5-2-1-3-6-15/h4,7-10H,1-3,5-6H2. The van der Waals surface area contributed by atoms with Crippen LogP contribution in [0.3, 0.4) is 0 Å². The van der Waals surface area contributed by atoms with Gasteiger partial charge in [0.25, 0.3) is 0 Å². The van der Waals surface area contributed by atoms with Crippen LogP contribution in [0, 0.1) is 0 Å². The number of imidazole rings is 1. The first-order valence-corrected chi connectivity index (χ1v) is 6.06. The second-order valence-electron chi connectivity index (χ2n) is 4.46. The normalized spacial score (nSPS) is 16.4. The monoisotopic (exact) mass is 229 g/mol. The Bertz CT molecular complexity index is 541. The maximum absolute atomic E-state index is 10.8. The number of carbonyl (C=O) groups is 1. The van der Waals surface area contributed by atoms with Gasteiger partial charge in [0.05, 0.1) is 11.7 Å². The Morgan fingerprint density at radius 3 is 2.82 bits per heavy atom. The molecule has 0 atom stereocenters. The van der Waals surface area contributed by atoms with E-state index in [1.807, 2.05) is 10.6 Å². The first-order chi connectivity index (χ1) is 8.38. The van der Waals surface area contributed by atoms with Gasteiger partial charge in [-0.05, 0) is 31.4 Å². The molecule has 1 saturated heterocycles. The second-order valence-corrected chi connectivity index (χ2v) is 4.46. The molecule has 88 valence electrons. The topological polar surface area (TPSA) is 37.6 Å². The zero-order valence-corrected chi connectivity index (χ0v) is 9.67. The number of piperidine rings is 1. The molecule has 0 aromatic carbocycles. The lowest BCUT2D eigenvalue weighted by atomic mass is 10.1. The quantitative estimate of drug-likeness (QED) is 0.740. The molecule has 0 spiro atoms. The van der Waals surface area contributed by atoms with Crippen LogP contribution in [-0.4, -0.2) is 28.8 Å². The van der Waals surface area contributed by atoms with Crippen molar-refractivity contribution in [2.75, 3.05) is 18.0 Å². The second kappa shape index (κ2) is 4.20. The Morgan fingerprint density at radius 1 is 1.24 bits per heavy atom. The van der Waals surface area contributed by atoms with Crippen LogP contribution >= 0.6 is 0 Å². The molecule has 0 saturated carbocycles. The smallest absolute Gasteiger partial charge is 0.185 e. The van der Waals surface area contributed by atoms with Gasteiger partial charge in [-0.25, -0.2) is 4.98 Å². The zero-order valence-electron chi connectivity index (χ0n) is 9.67. The highest BCUT2D eigenvalue weighted by Crippen LogP contribution is 2.21. The zero-order chi connectivity index (χ0) is 11.7. The Labute approximate surface area is 99.9 Å². The van der Waals surface area contributed by atoms with Crippen molar-refractivity contribution in [3.8, 4) is 0 Å². The molecule has 0 bridgehead atoms. The van der Waals surface area contributed by atoms with E-state index in [1.165, 1.54) is 24.9 Å². The van der Waals surface area contributed by atoms with Crippen molar-refractivity contribution in [1.29, 1.82) is 0 Å². The number of hydrogen-bond donors (Lipinski definition) is 0. The Morgan fingerprint density at radius 2 is 2.06 bits per heavy atom. The molecule has 3 heterocycles. The van der Waals surface area contributed by atoms with E-state index < -0.39 is 0 Å². The number of hydrogen-bond acceptors (Lipinski definition) is 3. The largest absolute Gasteiger partial charge is 0.371 e. The molecule has 4 nitrogen and oxygen atoms in total. The number of carbonyl (C=O) groups excluding carboxylic acids is 1. The van der Waals surface area contributed by atoms with Gasteiger partial charge in [0, 0.05) is 25.0 Å². The minimum Gasteiger partial charge on any atom is -0.371 e. The van der Waals surface area contributed by atoms with Crippen LogP contribution in [0.1, 0.15) is 29.9 Å². The van der Waals surface area contributed by atoms with Crippen LogP contribution in [0.15, 0.2) is 24.5 Å². The van der Waals surface area contributed by atoms with Gasteiger partial charge in [0.1, 0.15) is 0 Å². The van der Waals surface area contributed by atoms with Crippen molar-refractivity contribution in [3.63, 3.8) is 0 Å². The van der Waals surface area contributed by atoms with Crippen LogP contribution < -0.4 is 4.90 Å². The summed E-state index contributed by atoms with van der Waals surface area (Å²) in [6, 6.07) is 4.16. The molecule has 3 rings (SSSR count). The van der Waals surface area contributed by atoms with Gasteiger partial charge in [0.2, 0.25) is 0 Å². The number of aldehydes is 1. The summed E-state index contributed by atoms with van der Waals surface area (Å²) < 4.78 is 1.82. The fraction of sp³-hybridized carbons (Fsp3) is 0.385. The first kappa shape index (κ1) is 10.3. The predicted octanol–water partition coefficient (Wildman–Crippen LogP) is 2.14. The number of anilines is 1.